The maximum atomic E-state index is 10.9. The second-order valence-corrected chi connectivity index (χ2v) is 2.28. The largest absolute Gasteiger partial charge is 0.467 e. The van der Waals surface area contributed by atoms with Crippen LogP contribution in [-0.4, -0.2) is 31.8 Å². The quantitative estimate of drug-likeness (QED) is 0.409. The van der Waals surface area contributed by atoms with E-state index in [0.717, 1.165) is 0 Å². The van der Waals surface area contributed by atoms with Crippen molar-refractivity contribution in [3.8, 4) is 0 Å². The first-order valence-corrected chi connectivity index (χ1v) is 3.37. The molecule has 0 saturated carbocycles. The first-order chi connectivity index (χ1) is 5.25. The van der Waals surface area contributed by atoms with Crippen LogP contribution in [0, 0.1) is 0 Å². The van der Waals surface area contributed by atoms with E-state index in [1.54, 1.807) is 12.2 Å². The van der Waals surface area contributed by atoms with E-state index in [9.17, 15) is 4.79 Å². The van der Waals surface area contributed by atoms with Gasteiger partial charge >= 0.3 is 5.97 Å². The first kappa shape index (κ1) is 8.23. The molecule has 11 heavy (non-hydrogen) atoms. The fourth-order valence-corrected chi connectivity index (χ4v) is 0.925. The highest BCUT2D eigenvalue weighted by Gasteiger charge is 2.27. The van der Waals surface area contributed by atoms with E-state index in [0.29, 0.717) is 6.61 Å². The van der Waals surface area contributed by atoms with Gasteiger partial charge in [-0.2, -0.15) is 0 Å². The Kier molecular flexibility index (Phi) is 2.62. The molecule has 1 aliphatic rings. The van der Waals surface area contributed by atoms with Crippen molar-refractivity contribution in [2.75, 3.05) is 13.7 Å². The molecule has 0 aromatic carbocycles. The lowest BCUT2D eigenvalue weighted by atomic mass is 10.1. The van der Waals surface area contributed by atoms with Gasteiger partial charge in [0.05, 0.1) is 19.8 Å². The monoisotopic (exact) mass is 157 g/mol. The highest BCUT2D eigenvalue weighted by molar-refractivity contribution is 5.76. The molecule has 0 spiro atoms. The van der Waals surface area contributed by atoms with E-state index in [2.05, 4.69) is 4.74 Å². The number of ether oxygens (including phenoxy) is 2. The molecule has 0 fully saturated rings. The van der Waals surface area contributed by atoms with Crippen molar-refractivity contribution in [2.24, 2.45) is 5.73 Å². The summed E-state index contributed by atoms with van der Waals surface area (Å²) in [5, 5.41) is 0. The fourth-order valence-electron chi connectivity index (χ4n) is 0.925. The van der Waals surface area contributed by atoms with Crippen molar-refractivity contribution in [1.82, 2.24) is 0 Å². The number of hydrogen-bond donors (Lipinski definition) is 1. The number of rotatable bonds is 1. The van der Waals surface area contributed by atoms with E-state index in [-0.39, 0.29) is 6.04 Å². The molecule has 0 unspecified atom stereocenters. The molecule has 0 aromatic rings. The van der Waals surface area contributed by atoms with E-state index >= 15 is 0 Å². The fraction of sp³-hybridized carbons (Fsp3) is 0.571. The molecule has 4 nitrogen and oxygen atoms in total. The molecular formula is C7H11NO3. The Morgan fingerprint density at radius 1 is 1.82 bits per heavy atom. The average Bonchev–Trinajstić information content (AvgIpc) is 2.04. The smallest absolute Gasteiger partial charge is 0.336 e. The van der Waals surface area contributed by atoms with Gasteiger partial charge in [-0.1, -0.05) is 12.2 Å². The lowest BCUT2D eigenvalue weighted by Crippen LogP contribution is -2.43. The van der Waals surface area contributed by atoms with Crippen LogP contribution >= 0.6 is 0 Å². The van der Waals surface area contributed by atoms with Crippen LogP contribution < -0.4 is 5.73 Å². The molecule has 2 atom stereocenters. The van der Waals surface area contributed by atoms with Crippen LogP contribution in [-0.2, 0) is 14.3 Å². The minimum atomic E-state index is -0.634. The molecule has 0 saturated heterocycles. The van der Waals surface area contributed by atoms with Crippen LogP contribution in [0.5, 0.6) is 0 Å². The van der Waals surface area contributed by atoms with Crippen molar-refractivity contribution in [2.45, 2.75) is 12.1 Å². The van der Waals surface area contributed by atoms with Crippen LogP contribution in [0.25, 0.3) is 0 Å². The summed E-state index contributed by atoms with van der Waals surface area (Å²) in [6.07, 6.45) is 2.89. The topological polar surface area (TPSA) is 61.5 Å². The number of nitrogens with two attached hydrogens (primary N) is 1. The predicted octanol–water partition coefficient (Wildman–Crippen LogP) is -0.558. The van der Waals surface area contributed by atoms with Crippen LogP contribution in [0.2, 0.25) is 0 Å². The molecule has 1 rings (SSSR count). The van der Waals surface area contributed by atoms with Gasteiger partial charge in [-0.3, -0.25) is 0 Å². The molecule has 0 amide bonds. The summed E-state index contributed by atoms with van der Waals surface area (Å²) in [5.74, 6) is -0.415. The second-order valence-electron chi connectivity index (χ2n) is 2.28. The molecule has 0 radical (unpaired) electrons. The minimum absolute atomic E-state index is 0.379. The summed E-state index contributed by atoms with van der Waals surface area (Å²) in [6, 6.07) is -0.379. The maximum Gasteiger partial charge on any atom is 0.336 e. The normalized spacial score (nSPS) is 30.0. The Bertz CT molecular complexity index is 179. The zero-order valence-electron chi connectivity index (χ0n) is 6.32. The third kappa shape index (κ3) is 1.78. The van der Waals surface area contributed by atoms with Gasteiger partial charge in [-0.15, -0.1) is 0 Å². The van der Waals surface area contributed by atoms with E-state index < -0.39 is 12.1 Å². The van der Waals surface area contributed by atoms with Crippen molar-refractivity contribution >= 4 is 5.97 Å². The van der Waals surface area contributed by atoms with Gasteiger partial charge < -0.3 is 15.2 Å². The zero-order chi connectivity index (χ0) is 8.27. The lowest BCUT2D eigenvalue weighted by molar-refractivity contribution is -0.154. The number of methoxy groups -OCH3 is 1. The van der Waals surface area contributed by atoms with Gasteiger partial charge in [0.25, 0.3) is 0 Å². The van der Waals surface area contributed by atoms with Gasteiger partial charge in [0.15, 0.2) is 6.10 Å². The molecule has 62 valence electrons. The number of carbonyl (C=O) groups is 1. The van der Waals surface area contributed by atoms with Crippen LogP contribution in [0.15, 0.2) is 12.2 Å². The van der Waals surface area contributed by atoms with Gasteiger partial charge in [-0.05, 0) is 0 Å². The molecule has 1 aliphatic heterocycles. The van der Waals surface area contributed by atoms with E-state index in [1.807, 2.05) is 0 Å². The highest BCUT2D eigenvalue weighted by atomic mass is 16.6. The molecule has 4 heteroatoms. The maximum absolute atomic E-state index is 10.9. The molecular weight excluding hydrogens is 146 g/mol. The van der Waals surface area contributed by atoms with Gasteiger partial charge in [0, 0.05) is 0 Å². The average molecular weight is 157 g/mol. The van der Waals surface area contributed by atoms with Crippen LogP contribution in [0.1, 0.15) is 0 Å². The number of esters is 1. The summed E-state index contributed by atoms with van der Waals surface area (Å²) in [6.45, 7) is 0.424. The summed E-state index contributed by atoms with van der Waals surface area (Å²) in [5.41, 5.74) is 5.54. The molecule has 0 aromatic heterocycles. The Hall–Kier alpha value is -0.870. The lowest BCUT2D eigenvalue weighted by Gasteiger charge is -2.21. The molecule has 0 aliphatic carbocycles. The summed E-state index contributed by atoms with van der Waals surface area (Å²) < 4.78 is 9.54. The zero-order valence-corrected chi connectivity index (χ0v) is 6.32. The van der Waals surface area contributed by atoms with Crippen LogP contribution in [0.4, 0.5) is 0 Å². The Morgan fingerprint density at radius 3 is 3.09 bits per heavy atom. The Labute approximate surface area is 65.0 Å². The Morgan fingerprint density at radius 2 is 2.55 bits per heavy atom. The predicted molar refractivity (Wildman–Crippen MR) is 38.9 cm³/mol. The van der Waals surface area contributed by atoms with E-state index in [1.165, 1.54) is 7.11 Å². The second kappa shape index (κ2) is 3.50. The highest BCUT2D eigenvalue weighted by Crippen LogP contribution is 2.06. The summed E-state index contributed by atoms with van der Waals surface area (Å²) in [7, 11) is 1.32. The minimum Gasteiger partial charge on any atom is -0.467 e. The number of hydrogen-bond acceptors (Lipinski definition) is 4. The standard InChI is InChI=1S/C7H11NO3/c1-10-7(9)6-5(8)3-2-4-11-6/h2-3,5-6H,4,8H2,1H3/t5-,6+/m0/s1. The molecule has 2 N–H and O–H groups in total. The molecule has 1 heterocycles. The first-order valence-electron chi connectivity index (χ1n) is 3.37. The third-order valence-electron chi connectivity index (χ3n) is 1.51. The van der Waals surface area contributed by atoms with Gasteiger partial charge in [0.2, 0.25) is 0 Å². The van der Waals surface area contributed by atoms with Gasteiger partial charge in [-0.25, -0.2) is 4.79 Å². The third-order valence-corrected chi connectivity index (χ3v) is 1.51. The van der Waals surface area contributed by atoms with Gasteiger partial charge in [0.1, 0.15) is 0 Å². The van der Waals surface area contributed by atoms with E-state index in [4.69, 9.17) is 10.5 Å². The van der Waals surface area contributed by atoms with Crippen molar-refractivity contribution in [3.05, 3.63) is 12.2 Å². The Balaban J connectivity index is 2.57. The van der Waals surface area contributed by atoms with Crippen molar-refractivity contribution in [3.63, 3.8) is 0 Å². The SMILES string of the molecule is COC(=O)[C@@H]1OCC=C[C@@H]1N. The number of carbonyl (C=O) groups excluding carboxylic acids is 1. The van der Waals surface area contributed by atoms with Crippen molar-refractivity contribution in [1.29, 1.82) is 0 Å². The summed E-state index contributed by atoms with van der Waals surface area (Å²) in [4.78, 5) is 10.9. The van der Waals surface area contributed by atoms with Crippen LogP contribution in [0.3, 0.4) is 0 Å². The molecule has 0 bridgehead atoms. The summed E-state index contributed by atoms with van der Waals surface area (Å²) >= 11 is 0. The van der Waals surface area contributed by atoms with Crippen molar-refractivity contribution < 1.29 is 14.3 Å².